The number of aliphatic imine (C=N–C) groups is 1. The van der Waals surface area contributed by atoms with Gasteiger partial charge in [0.25, 0.3) is 0 Å². The Morgan fingerprint density at radius 2 is 1.96 bits per heavy atom. The molecule has 27 heavy (non-hydrogen) atoms. The van der Waals surface area contributed by atoms with E-state index in [0.29, 0.717) is 25.6 Å². The van der Waals surface area contributed by atoms with Crippen LogP contribution in [0, 0.1) is 0 Å². The van der Waals surface area contributed by atoms with Gasteiger partial charge in [0, 0.05) is 35.2 Å². The number of halogens is 1. The van der Waals surface area contributed by atoms with Gasteiger partial charge in [0.15, 0.2) is 5.96 Å². The Bertz CT molecular complexity index is 694. The highest BCUT2D eigenvalue weighted by molar-refractivity contribution is 14.0. The molecule has 0 saturated carbocycles. The molecule has 0 fully saturated rings. The topological polar surface area (TPSA) is 67.8 Å². The fraction of sp³-hybridized carbons (Fsp3) is 0.474. The average molecular weight is 504 g/mol. The summed E-state index contributed by atoms with van der Waals surface area (Å²) in [5.74, 6) is 1.39. The van der Waals surface area contributed by atoms with Gasteiger partial charge in [0.1, 0.15) is 6.61 Å². The van der Waals surface area contributed by atoms with Crippen molar-refractivity contribution in [1.29, 1.82) is 0 Å². The zero-order valence-electron chi connectivity index (χ0n) is 16.2. The number of aryl methyl sites for hydroxylation is 1. The van der Waals surface area contributed by atoms with Gasteiger partial charge in [-0.1, -0.05) is 13.0 Å². The van der Waals surface area contributed by atoms with Crippen LogP contribution in [0.15, 0.2) is 35.5 Å². The Morgan fingerprint density at radius 3 is 2.67 bits per heavy atom. The van der Waals surface area contributed by atoms with Crippen molar-refractivity contribution in [2.75, 3.05) is 26.9 Å². The van der Waals surface area contributed by atoms with E-state index in [9.17, 15) is 0 Å². The summed E-state index contributed by atoms with van der Waals surface area (Å²) in [6.45, 7) is 7.30. The molecule has 0 aliphatic carbocycles. The largest absolute Gasteiger partial charge is 0.475 e. The summed E-state index contributed by atoms with van der Waals surface area (Å²) in [5, 5.41) is 6.66. The lowest BCUT2D eigenvalue weighted by atomic mass is 10.3. The molecule has 0 atom stereocenters. The van der Waals surface area contributed by atoms with Crippen molar-refractivity contribution in [1.82, 2.24) is 15.6 Å². The Kier molecular flexibility index (Phi) is 12.0. The lowest BCUT2D eigenvalue weighted by molar-refractivity contribution is 0.143. The number of rotatable bonds is 10. The third-order valence-corrected chi connectivity index (χ3v) is 4.85. The Labute approximate surface area is 182 Å². The molecule has 0 saturated heterocycles. The van der Waals surface area contributed by atoms with Gasteiger partial charge >= 0.3 is 0 Å². The van der Waals surface area contributed by atoms with E-state index in [1.165, 1.54) is 9.75 Å². The molecule has 0 bridgehead atoms. The number of thiophene rings is 1. The number of pyridine rings is 1. The normalized spacial score (nSPS) is 11.0. The third kappa shape index (κ3) is 8.44. The van der Waals surface area contributed by atoms with E-state index >= 15 is 0 Å². The highest BCUT2D eigenvalue weighted by Gasteiger charge is 2.06. The van der Waals surface area contributed by atoms with Crippen LogP contribution in [0.3, 0.4) is 0 Å². The molecule has 0 aromatic carbocycles. The summed E-state index contributed by atoms with van der Waals surface area (Å²) in [6, 6.07) is 8.23. The molecule has 6 nitrogen and oxygen atoms in total. The molecule has 2 aromatic heterocycles. The molecule has 0 radical (unpaired) electrons. The summed E-state index contributed by atoms with van der Waals surface area (Å²) < 4.78 is 10.7. The van der Waals surface area contributed by atoms with Crippen molar-refractivity contribution < 1.29 is 9.47 Å². The summed E-state index contributed by atoms with van der Waals surface area (Å²) in [6.07, 6.45) is 2.80. The lowest BCUT2D eigenvalue weighted by Crippen LogP contribution is -2.36. The molecule has 150 valence electrons. The quantitative estimate of drug-likeness (QED) is 0.224. The molecule has 2 heterocycles. The van der Waals surface area contributed by atoms with Crippen LogP contribution in [0.2, 0.25) is 0 Å². The number of hydrogen-bond acceptors (Lipinski definition) is 5. The Balaban J connectivity index is 0.00000364. The van der Waals surface area contributed by atoms with Gasteiger partial charge in [-0.3, -0.25) is 0 Å². The predicted molar refractivity (Wildman–Crippen MR) is 122 cm³/mol. The first-order valence-electron chi connectivity index (χ1n) is 8.92. The van der Waals surface area contributed by atoms with Crippen molar-refractivity contribution in [2.45, 2.75) is 33.4 Å². The van der Waals surface area contributed by atoms with Gasteiger partial charge in [-0.05, 0) is 31.5 Å². The second-order valence-electron chi connectivity index (χ2n) is 5.58. The molecule has 2 aromatic rings. The van der Waals surface area contributed by atoms with Gasteiger partial charge in [0.05, 0.1) is 19.7 Å². The maximum Gasteiger partial charge on any atom is 0.218 e. The summed E-state index contributed by atoms with van der Waals surface area (Å²) in [4.78, 5) is 11.7. The van der Waals surface area contributed by atoms with E-state index in [2.05, 4.69) is 46.6 Å². The van der Waals surface area contributed by atoms with Crippen molar-refractivity contribution in [3.63, 3.8) is 0 Å². The van der Waals surface area contributed by atoms with E-state index in [1.54, 1.807) is 13.3 Å². The molecular weight excluding hydrogens is 475 g/mol. The monoisotopic (exact) mass is 504 g/mol. The van der Waals surface area contributed by atoms with Gasteiger partial charge in [0.2, 0.25) is 5.88 Å². The van der Waals surface area contributed by atoms with E-state index in [0.717, 1.165) is 31.0 Å². The van der Waals surface area contributed by atoms with Crippen LogP contribution in [0.25, 0.3) is 0 Å². The molecule has 8 heteroatoms. The molecular formula is C19H29IN4O2S. The number of hydrogen-bond donors (Lipinski definition) is 2. The van der Waals surface area contributed by atoms with E-state index in [4.69, 9.17) is 9.47 Å². The van der Waals surface area contributed by atoms with Crippen LogP contribution < -0.4 is 15.4 Å². The lowest BCUT2D eigenvalue weighted by Gasteiger charge is -2.12. The fourth-order valence-electron chi connectivity index (χ4n) is 2.28. The van der Waals surface area contributed by atoms with Crippen LogP contribution in [-0.4, -0.2) is 37.8 Å². The molecule has 0 amide bonds. The zero-order valence-corrected chi connectivity index (χ0v) is 19.3. The van der Waals surface area contributed by atoms with Crippen LogP contribution in [0.5, 0.6) is 5.88 Å². The maximum absolute atomic E-state index is 5.67. The van der Waals surface area contributed by atoms with Crippen LogP contribution in [0.1, 0.15) is 29.2 Å². The number of aromatic nitrogens is 1. The van der Waals surface area contributed by atoms with Crippen molar-refractivity contribution >= 4 is 41.3 Å². The van der Waals surface area contributed by atoms with Crippen LogP contribution >= 0.6 is 35.3 Å². The van der Waals surface area contributed by atoms with Crippen LogP contribution in [0.4, 0.5) is 0 Å². The van der Waals surface area contributed by atoms with Crippen molar-refractivity contribution in [3.05, 3.63) is 45.8 Å². The SMILES string of the molecule is CCNC(=NCc1cccnc1OCCOC)NCc1ccc(CC)s1.I. The molecule has 2 rings (SSSR count). The van der Waals surface area contributed by atoms with Crippen molar-refractivity contribution in [3.8, 4) is 5.88 Å². The van der Waals surface area contributed by atoms with Gasteiger partial charge in [-0.2, -0.15) is 0 Å². The first-order valence-corrected chi connectivity index (χ1v) is 9.73. The molecule has 0 unspecified atom stereocenters. The smallest absolute Gasteiger partial charge is 0.218 e. The first kappa shape index (κ1) is 23.6. The number of nitrogens with zero attached hydrogens (tertiary/aromatic N) is 2. The fourth-order valence-corrected chi connectivity index (χ4v) is 3.18. The minimum Gasteiger partial charge on any atom is -0.475 e. The van der Waals surface area contributed by atoms with E-state index in [-0.39, 0.29) is 24.0 Å². The highest BCUT2D eigenvalue weighted by Crippen LogP contribution is 2.17. The van der Waals surface area contributed by atoms with Crippen molar-refractivity contribution in [2.24, 2.45) is 4.99 Å². The highest BCUT2D eigenvalue weighted by atomic mass is 127. The number of ether oxygens (including phenoxy) is 2. The van der Waals surface area contributed by atoms with Gasteiger partial charge in [-0.25, -0.2) is 9.98 Å². The van der Waals surface area contributed by atoms with Gasteiger partial charge < -0.3 is 20.1 Å². The minimum absolute atomic E-state index is 0. The third-order valence-electron chi connectivity index (χ3n) is 3.62. The number of methoxy groups -OCH3 is 1. The molecule has 0 aliphatic heterocycles. The molecule has 0 aliphatic rings. The average Bonchev–Trinajstić information content (AvgIpc) is 3.13. The summed E-state index contributed by atoms with van der Waals surface area (Å²) in [5.41, 5.74) is 0.949. The van der Waals surface area contributed by atoms with Crippen LogP contribution in [-0.2, 0) is 24.2 Å². The zero-order chi connectivity index (χ0) is 18.6. The summed E-state index contributed by atoms with van der Waals surface area (Å²) >= 11 is 1.83. The van der Waals surface area contributed by atoms with E-state index < -0.39 is 0 Å². The maximum atomic E-state index is 5.67. The Hall–Kier alpha value is -1.39. The summed E-state index contributed by atoms with van der Waals surface area (Å²) in [7, 11) is 1.65. The predicted octanol–water partition coefficient (Wildman–Crippen LogP) is 3.60. The second kappa shape index (κ2) is 13.7. The minimum atomic E-state index is 0. The molecule has 2 N–H and O–H groups in total. The van der Waals surface area contributed by atoms with E-state index in [1.807, 2.05) is 23.5 Å². The standard InChI is InChI=1S/C19H28N4O2S.HI/c1-4-16-8-9-17(26-16)14-23-19(20-5-2)22-13-15-7-6-10-21-18(15)25-12-11-24-3;/h6-10H,4-5,11-14H2,1-3H3,(H2,20,22,23);1H. The number of nitrogens with one attached hydrogen (secondary N) is 2. The molecule has 0 spiro atoms. The Morgan fingerprint density at radius 1 is 1.15 bits per heavy atom. The van der Waals surface area contributed by atoms with Gasteiger partial charge in [-0.15, -0.1) is 35.3 Å². The number of guanidine groups is 1. The second-order valence-corrected chi connectivity index (χ2v) is 6.83. The first-order chi connectivity index (χ1) is 12.8.